The van der Waals surface area contributed by atoms with Crippen LogP contribution in [0.5, 0.6) is 0 Å². The van der Waals surface area contributed by atoms with Crippen LogP contribution >= 0.6 is 12.4 Å². The first-order valence-electron chi connectivity index (χ1n) is 8.29. The van der Waals surface area contributed by atoms with Crippen molar-refractivity contribution in [2.45, 2.75) is 31.9 Å². The summed E-state index contributed by atoms with van der Waals surface area (Å²) in [4.78, 5) is 23.6. The number of piperidine rings is 1. The molecule has 2 amide bonds. The highest BCUT2D eigenvalue weighted by Gasteiger charge is 2.27. The van der Waals surface area contributed by atoms with Crippen LogP contribution in [0.15, 0.2) is 24.3 Å². The van der Waals surface area contributed by atoms with Crippen LogP contribution < -0.4 is 16.0 Å². The molecule has 0 aliphatic carbocycles. The maximum absolute atomic E-state index is 12.1. The first-order chi connectivity index (χ1) is 11.8. The van der Waals surface area contributed by atoms with Crippen molar-refractivity contribution < 1.29 is 22.8 Å². The molecular formula is C17H23ClF3N3O2. The van der Waals surface area contributed by atoms with Crippen LogP contribution in [0, 0.1) is 5.92 Å². The zero-order chi connectivity index (χ0) is 18.3. The summed E-state index contributed by atoms with van der Waals surface area (Å²) < 4.78 is 36.2. The van der Waals surface area contributed by atoms with Crippen molar-refractivity contribution >= 4 is 29.9 Å². The van der Waals surface area contributed by atoms with Gasteiger partial charge in [-0.05, 0) is 62.5 Å². The van der Waals surface area contributed by atoms with Gasteiger partial charge in [0.2, 0.25) is 5.91 Å². The molecule has 5 nitrogen and oxygen atoms in total. The number of benzene rings is 1. The van der Waals surface area contributed by atoms with Gasteiger partial charge in [-0.25, -0.2) is 0 Å². The fourth-order valence-electron chi connectivity index (χ4n) is 2.72. The highest BCUT2D eigenvalue weighted by molar-refractivity contribution is 5.95. The van der Waals surface area contributed by atoms with Crippen LogP contribution in [0.2, 0.25) is 0 Å². The molecule has 0 spiro atoms. The number of hydrogen-bond acceptors (Lipinski definition) is 3. The van der Waals surface area contributed by atoms with E-state index in [9.17, 15) is 22.8 Å². The van der Waals surface area contributed by atoms with E-state index in [4.69, 9.17) is 0 Å². The van der Waals surface area contributed by atoms with Gasteiger partial charge in [-0.1, -0.05) is 0 Å². The molecule has 26 heavy (non-hydrogen) atoms. The minimum absolute atomic E-state index is 0. The Morgan fingerprint density at radius 2 is 1.73 bits per heavy atom. The lowest BCUT2D eigenvalue weighted by molar-refractivity contribution is -0.123. The van der Waals surface area contributed by atoms with E-state index in [0.29, 0.717) is 18.0 Å². The highest BCUT2D eigenvalue weighted by atomic mass is 35.5. The van der Waals surface area contributed by atoms with Crippen molar-refractivity contribution in [1.82, 2.24) is 10.6 Å². The molecule has 1 aromatic carbocycles. The van der Waals surface area contributed by atoms with E-state index < -0.39 is 18.6 Å². The average Bonchev–Trinajstić information content (AvgIpc) is 2.59. The summed E-state index contributed by atoms with van der Waals surface area (Å²) >= 11 is 0. The number of anilines is 1. The predicted molar refractivity (Wildman–Crippen MR) is 95.5 cm³/mol. The second kappa shape index (κ2) is 10.4. The molecule has 3 N–H and O–H groups in total. The van der Waals surface area contributed by atoms with E-state index in [1.165, 1.54) is 24.3 Å². The van der Waals surface area contributed by atoms with Crippen LogP contribution in [-0.4, -0.2) is 37.6 Å². The second-order valence-corrected chi connectivity index (χ2v) is 6.16. The van der Waals surface area contributed by atoms with Crippen molar-refractivity contribution in [3.05, 3.63) is 29.8 Å². The molecule has 9 heteroatoms. The molecule has 0 atom stereocenters. The Hall–Kier alpha value is -1.80. The SMILES string of the molecule is Cl.O=C(CCC1CCNCC1)Nc1ccc(C(=O)NCC(F)(F)F)cc1. The van der Waals surface area contributed by atoms with Crippen molar-refractivity contribution in [2.75, 3.05) is 25.0 Å². The summed E-state index contributed by atoms with van der Waals surface area (Å²) in [6.07, 6.45) is -1.02. The van der Waals surface area contributed by atoms with Gasteiger partial charge in [-0.3, -0.25) is 9.59 Å². The van der Waals surface area contributed by atoms with Crippen molar-refractivity contribution in [1.29, 1.82) is 0 Å². The number of carbonyl (C=O) groups excluding carboxylic acids is 2. The molecule has 146 valence electrons. The van der Waals surface area contributed by atoms with Gasteiger partial charge >= 0.3 is 6.18 Å². The van der Waals surface area contributed by atoms with E-state index in [0.717, 1.165) is 32.4 Å². The number of amides is 2. The molecule has 1 aliphatic rings. The predicted octanol–water partition coefficient (Wildman–Crippen LogP) is 3.12. The Morgan fingerprint density at radius 3 is 2.31 bits per heavy atom. The second-order valence-electron chi connectivity index (χ2n) is 6.16. The minimum atomic E-state index is -4.45. The van der Waals surface area contributed by atoms with Gasteiger partial charge in [0.25, 0.3) is 5.91 Å². The summed E-state index contributed by atoms with van der Waals surface area (Å²) in [5.74, 6) is -0.347. The molecule has 0 bridgehead atoms. The summed E-state index contributed by atoms with van der Waals surface area (Å²) in [7, 11) is 0. The third-order valence-corrected chi connectivity index (χ3v) is 4.12. The Balaban J connectivity index is 0.00000338. The van der Waals surface area contributed by atoms with Gasteiger partial charge < -0.3 is 16.0 Å². The first kappa shape index (κ1) is 22.2. The molecule has 1 aromatic rings. The van der Waals surface area contributed by atoms with E-state index in [1.807, 2.05) is 0 Å². The van der Waals surface area contributed by atoms with E-state index in [1.54, 1.807) is 5.32 Å². The number of alkyl halides is 3. The van der Waals surface area contributed by atoms with Gasteiger partial charge in [0.05, 0.1) is 0 Å². The zero-order valence-electron chi connectivity index (χ0n) is 14.2. The number of carbonyl (C=O) groups is 2. The first-order valence-corrected chi connectivity index (χ1v) is 8.29. The lowest BCUT2D eigenvalue weighted by Crippen LogP contribution is -2.33. The molecule has 0 unspecified atom stereocenters. The van der Waals surface area contributed by atoms with Gasteiger partial charge in [-0.15, -0.1) is 12.4 Å². The van der Waals surface area contributed by atoms with Crippen molar-refractivity contribution in [2.24, 2.45) is 5.92 Å². The van der Waals surface area contributed by atoms with Gasteiger partial charge in [0, 0.05) is 17.7 Å². The quantitative estimate of drug-likeness (QED) is 0.695. The highest BCUT2D eigenvalue weighted by Crippen LogP contribution is 2.18. The van der Waals surface area contributed by atoms with Crippen molar-refractivity contribution in [3.8, 4) is 0 Å². The molecule has 1 heterocycles. The normalized spacial score (nSPS) is 15.0. The minimum Gasteiger partial charge on any atom is -0.343 e. The maximum atomic E-state index is 12.1. The fraction of sp³-hybridized carbons (Fsp3) is 0.529. The standard InChI is InChI=1S/C17H22F3N3O2.ClH/c18-17(19,20)11-22-16(25)13-2-4-14(5-3-13)23-15(24)6-1-12-7-9-21-10-8-12;/h2-5,12,21H,1,6-11H2,(H,22,25)(H,23,24);1H. The third-order valence-electron chi connectivity index (χ3n) is 4.12. The molecule has 0 saturated carbocycles. The van der Waals surface area contributed by atoms with Crippen LogP contribution in [0.25, 0.3) is 0 Å². The van der Waals surface area contributed by atoms with Gasteiger partial charge in [-0.2, -0.15) is 13.2 Å². The molecular weight excluding hydrogens is 371 g/mol. The lowest BCUT2D eigenvalue weighted by Gasteiger charge is -2.22. The Bertz CT molecular complexity index is 588. The van der Waals surface area contributed by atoms with Crippen LogP contribution in [0.4, 0.5) is 18.9 Å². The molecule has 1 fully saturated rings. The van der Waals surface area contributed by atoms with Crippen LogP contribution in [-0.2, 0) is 4.79 Å². The Kier molecular flexibility index (Phi) is 8.87. The molecule has 1 aliphatic heterocycles. The molecule has 2 rings (SSSR count). The maximum Gasteiger partial charge on any atom is 0.405 e. The Labute approximate surface area is 156 Å². The van der Waals surface area contributed by atoms with Crippen LogP contribution in [0.3, 0.4) is 0 Å². The topological polar surface area (TPSA) is 70.2 Å². The summed E-state index contributed by atoms with van der Waals surface area (Å²) in [5.41, 5.74) is 0.625. The average molecular weight is 394 g/mol. The monoisotopic (exact) mass is 393 g/mol. The van der Waals surface area contributed by atoms with Crippen molar-refractivity contribution in [3.63, 3.8) is 0 Å². The molecule has 0 aromatic heterocycles. The van der Waals surface area contributed by atoms with E-state index >= 15 is 0 Å². The number of nitrogens with one attached hydrogen (secondary N) is 3. The summed E-state index contributed by atoms with van der Waals surface area (Å²) in [6, 6.07) is 5.78. The Morgan fingerprint density at radius 1 is 1.12 bits per heavy atom. The van der Waals surface area contributed by atoms with E-state index in [-0.39, 0.29) is 23.9 Å². The number of rotatable bonds is 6. The van der Waals surface area contributed by atoms with E-state index in [2.05, 4.69) is 10.6 Å². The number of hydrogen-bond donors (Lipinski definition) is 3. The van der Waals surface area contributed by atoms with Gasteiger partial charge in [0.1, 0.15) is 6.54 Å². The zero-order valence-corrected chi connectivity index (χ0v) is 15.0. The van der Waals surface area contributed by atoms with Crippen LogP contribution in [0.1, 0.15) is 36.0 Å². The summed E-state index contributed by atoms with van der Waals surface area (Å²) in [5, 5.41) is 7.82. The number of halogens is 4. The lowest BCUT2D eigenvalue weighted by atomic mass is 9.93. The smallest absolute Gasteiger partial charge is 0.343 e. The molecule has 1 saturated heterocycles. The fourth-order valence-corrected chi connectivity index (χ4v) is 2.72. The summed E-state index contributed by atoms with van der Waals surface area (Å²) in [6.45, 7) is 0.606. The largest absolute Gasteiger partial charge is 0.405 e. The third kappa shape index (κ3) is 8.05. The molecule has 0 radical (unpaired) electrons. The van der Waals surface area contributed by atoms with Gasteiger partial charge in [0.15, 0.2) is 0 Å².